The zero-order chi connectivity index (χ0) is 15.6. The number of carbonyl (C=O) groups is 3. The maximum Gasteiger partial charge on any atom is 0.323 e. The van der Waals surface area contributed by atoms with E-state index in [-0.39, 0.29) is 6.54 Å². The number of amides is 4. The van der Waals surface area contributed by atoms with Gasteiger partial charge in [0.05, 0.1) is 7.11 Å². The molecule has 21 heavy (non-hydrogen) atoms. The van der Waals surface area contributed by atoms with Crippen LogP contribution in [0.25, 0.3) is 0 Å². The molecule has 1 aromatic carbocycles. The van der Waals surface area contributed by atoms with Crippen LogP contribution in [0.4, 0.5) is 10.5 Å². The van der Waals surface area contributed by atoms with E-state index < -0.39 is 23.4 Å². The number of carbonyl (C=O) groups excluding carboxylic acids is 3. The maximum atomic E-state index is 12.3. The highest BCUT2D eigenvalue weighted by atomic mass is 16.5. The van der Waals surface area contributed by atoms with Crippen LogP contribution in [0, 0.1) is 0 Å². The Morgan fingerprint density at radius 1 is 1.38 bits per heavy atom. The molecule has 0 spiro atoms. The number of nitrogens with one attached hydrogen (secondary N) is 2. The molecule has 0 radical (unpaired) electrons. The minimum absolute atomic E-state index is 0.172. The molecule has 4 amide bonds. The molecule has 0 unspecified atom stereocenters. The first-order valence-corrected chi connectivity index (χ1v) is 6.41. The summed E-state index contributed by atoms with van der Waals surface area (Å²) in [5, 5.41) is 4.87. The van der Waals surface area contributed by atoms with Crippen molar-refractivity contribution in [3.63, 3.8) is 0 Å². The summed E-state index contributed by atoms with van der Waals surface area (Å²) in [6.07, 6.45) is 0. The number of anilines is 1. The molecule has 1 saturated heterocycles. The third-order valence-electron chi connectivity index (χ3n) is 3.35. The highest BCUT2D eigenvalue weighted by molar-refractivity contribution is 6.07. The van der Waals surface area contributed by atoms with Crippen molar-refractivity contribution in [2.75, 3.05) is 19.0 Å². The molecule has 1 aliphatic rings. The quantitative estimate of drug-likeness (QED) is 0.795. The van der Waals surface area contributed by atoms with Gasteiger partial charge in [-0.05, 0) is 26.0 Å². The number of hydrogen-bond donors (Lipinski definition) is 2. The zero-order valence-corrected chi connectivity index (χ0v) is 12.1. The van der Waals surface area contributed by atoms with Crippen molar-refractivity contribution < 1.29 is 19.1 Å². The number of imide groups is 1. The Bertz CT molecular complexity index is 598. The lowest BCUT2D eigenvalue weighted by molar-refractivity contribution is -0.142. The van der Waals surface area contributed by atoms with Gasteiger partial charge in [-0.3, -0.25) is 14.9 Å². The summed E-state index contributed by atoms with van der Waals surface area (Å²) in [4.78, 5) is 36.8. The number of ether oxygens (including phenoxy) is 1. The third-order valence-corrected chi connectivity index (χ3v) is 3.35. The molecule has 1 aromatic rings. The van der Waals surface area contributed by atoms with Gasteiger partial charge in [-0.2, -0.15) is 0 Å². The van der Waals surface area contributed by atoms with Crippen LogP contribution in [0.15, 0.2) is 24.3 Å². The molecule has 112 valence electrons. The Kier molecular flexibility index (Phi) is 3.84. The molecule has 2 rings (SSSR count). The second-order valence-electron chi connectivity index (χ2n) is 5.18. The van der Waals surface area contributed by atoms with Gasteiger partial charge in [0, 0.05) is 11.8 Å². The highest BCUT2D eigenvalue weighted by Gasteiger charge is 2.43. The van der Waals surface area contributed by atoms with Gasteiger partial charge >= 0.3 is 6.03 Å². The predicted octanol–water partition coefficient (Wildman–Crippen LogP) is 0.964. The molecule has 0 atom stereocenters. The molecule has 1 fully saturated rings. The summed E-state index contributed by atoms with van der Waals surface area (Å²) in [6.45, 7) is 2.99. The third kappa shape index (κ3) is 2.96. The van der Waals surface area contributed by atoms with Gasteiger partial charge in [0.2, 0.25) is 5.91 Å². The Morgan fingerprint density at radius 3 is 2.76 bits per heavy atom. The van der Waals surface area contributed by atoms with Gasteiger partial charge in [-0.1, -0.05) is 6.07 Å². The average Bonchev–Trinajstić information content (AvgIpc) is 2.43. The van der Waals surface area contributed by atoms with Gasteiger partial charge in [0.15, 0.2) is 0 Å². The Labute approximate surface area is 122 Å². The number of benzene rings is 1. The van der Waals surface area contributed by atoms with Crippen molar-refractivity contribution in [2.24, 2.45) is 0 Å². The lowest BCUT2D eigenvalue weighted by Crippen LogP contribution is -2.66. The van der Waals surface area contributed by atoms with Crippen LogP contribution in [-0.4, -0.2) is 41.9 Å². The van der Waals surface area contributed by atoms with E-state index >= 15 is 0 Å². The van der Waals surface area contributed by atoms with Crippen molar-refractivity contribution in [2.45, 2.75) is 19.4 Å². The average molecular weight is 291 g/mol. The second kappa shape index (κ2) is 5.43. The molecule has 0 aliphatic carbocycles. The van der Waals surface area contributed by atoms with Gasteiger partial charge < -0.3 is 15.0 Å². The lowest BCUT2D eigenvalue weighted by atomic mass is 9.99. The molecule has 2 N–H and O–H groups in total. The summed E-state index contributed by atoms with van der Waals surface area (Å²) in [6, 6.07) is 6.30. The fraction of sp³-hybridized carbons (Fsp3) is 0.357. The Morgan fingerprint density at radius 2 is 2.10 bits per heavy atom. The standard InChI is InChI=1S/C14H17N3O4/c1-14(2)12(19)16-11(18)8-17(14)13(20)15-9-5-4-6-10(7-9)21-3/h4-7H,8H2,1-3H3,(H,15,20)(H,16,18,19). The van der Waals surface area contributed by atoms with Gasteiger partial charge in [-0.15, -0.1) is 0 Å². The van der Waals surface area contributed by atoms with Gasteiger partial charge in [-0.25, -0.2) is 4.79 Å². The van der Waals surface area contributed by atoms with Crippen LogP contribution < -0.4 is 15.4 Å². The van der Waals surface area contributed by atoms with Crippen molar-refractivity contribution >= 4 is 23.5 Å². The number of urea groups is 1. The zero-order valence-electron chi connectivity index (χ0n) is 12.1. The monoisotopic (exact) mass is 291 g/mol. The summed E-state index contributed by atoms with van der Waals surface area (Å²) in [5.74, 6) is -0.404. The van der Waals surface area contributed by atoms with Gasteiger partial charge in [0.25, 0.3) is 5.91 Å². The fourth-order valence-electron chi connectivity index (χ4n) is 2.00. The van der Waals surface area contributed by atoms with Crippen LogP contribution in [0.3, 0.4) is 0 Å². The van der Waals surface area contributed by atoms with Crippen molar-refractivity contribution in [1.29, 1.82) is 0 Å². The van der Waals surface area contributed by atoms with E-state index in [9.17, 15) is 14.4 Å². The van der Waals surface area contributed by atoms with Crippen LogP contribution in [0.5, 0.6) is 5.75 Å². The summed E-state index contributed by atoms with van der Waals surface area (Å²) < 4.78 is 5.07. The lowest BCUT2D eigenvalue weighted by Gasteiger charge is -2.39. The van der Waals surface area contributed by atoms with Crippen molar-refractivity contribution in [3.8, 4) is 5.75 Å². The van der Waals surface area contributed by atoms with Crippen LogP contribution in [-0.2, 0) is 9.59 Å². The predicted molar refractivity (Wildman–Crippen MR) is 75.9 cm³/mol. The van der Waals surface area contributed by atoms with Crippen molar-refractivity contribution in [3.05, 3.63) is 24.3 Å². The van der Waals surface area contributed by atoms with E-state index in [1.807, 2.05) is 0 Å². The number of hydrogen-bond acceptors (Lipinski definition) is 4. The molecule has 1 aliphatic heterocycles. The smallest absolute Gasteiger partial charge is 0.323 e. The maximum absolute atomic E-state index is 12.3. The van der Waals surface area contributed by atoms with Crippen LogP contribution >= 0.6 is 0 Å². The summed E-state index contributed by atoms with van der Waals surface area (Å²) in [7, 11) is 1.53. The topological polar surface area (TPSA) is 87.7 Å². The minimum Gasteiger partial charge on any atom is -0.497 e. The largest absolute Gasteiger partial charge is 0.497 e. The van der Waals surface area contributed by atoms with E-state index in [2.05, 4.69) is 10.6 Å². The van der Waals surface area contributed by atoms with Gasteiger partial charge in [0.1, 0.15) is 17.8 Å². The first-order chi connectivity index (χ1) is 9.84. The number of nitrogens with zero attached hydrogens (tertiary/aromatic N) is 1. The minimum atomic E-state index is -1.10. The molecule has 7 heteroatoms. The Balaban J connectivity index is 2.18. The van der Waals surface area contributed by atoms with E-state index in [1.165, 1.54) is 12.0 Å². The molecule has 0 saturated carbocycles. The molecular weight excluding hydrogens is 274 g/mol. The number of piperazine rings is 1. The van der Waals surface area contributed by atoms with Crippen LogP contribution in [0.2, 0.25) is 0 Å². The fourth-order valence-corrected chi connectivity index (χ4v) is 2.00. The van der Waals surface area contributed by atoms with Crippen LogP contribution in [0.1, 0.15) is 13.8 Å². The summed E-state index contributed by atoms with van der Waals surface area (Å²) in [5.41, 5.74) is -0.579. The number of methoxy groups -OCH3 is 1. The second-order valence-corrected chi connectivity index (χ2v) is 5.18. The molecule has 1 heterocycles. The van der Waals surface area contributed by atoms with E-state index in [4.69, 9.17) is 4.74 Å². The Hall–Kier alpha value is -2.57. The van der Waals surface area contributed by atoms with Crippen molar-refractivity contribution in [1.82, 2.24) is 10.2 Å². The molecule has 0 aromatic heterocycles. The molecule has 0 bridgehead atoms. The number of rotatable bonds is 2. The first kappa shape index (κ1) is 14.8. The first-order valence-electron chi connectivity index (χ1n) is 6.41. The van der Waals surface area contributed by atoms with E-state index in [1.54, 1.807) is 38.1 Å². The SMILES string of the molecule is COc1cccc(NC(=O)N2CC(=O)NC(=O)C2(C)C)c1. The van der Waals surface area contributed by atoms with E-state index in [0.29, 0.717) is 11.4 Å². The summed E-state index contributed by atoms with van der Waals surface area (Å²) >= 11 is 0. The normalized spacial score (nSPS) is 17.2. The molecular formula is C14H17N3O4. The van der Waals surface area contributed by atoms with E-state index in [0.717, 1.165) is 0 Å². The molecule has 7 nitrogen and oxygen atoms in total. The highest BCUT2D eigenvalue weighted by Crippen LogP contribution is 2.21.